The van der Waals surface area contributed by atoms with Crippen molar-refractivity contribution in [2.24, 2.45) is 0 Å². The van der Waals surface area contributed by atoms with Crippen LogP contribution in [0.4, 0.5) is 5.69 Å². The summed E-state index contributed by atoms with van der Waals surface area (Å²) in [6.45, 7) is 3.20. The molecule has 0 aliphatic carbocycles. The number of thiophene rings is 1. The molecule has 4 rings (SSSR count). The van der Waals surface area contributed by atoms with Crippen LogP contribution in [0.1, 0.15) is 34.5 Å². The summed E-state index contributed by atoms with van der Waals surface area (Å²) in [6.07, 6.45) is 0.949. The molecule has 0 radical (unpaired) electrons. The second kappa shape index (κ2) is 8.07. The number of methoxy groups -OCH3 is 1. The third-order valence-corrected chi connectivity index (χ3v) is 6.25. The molecule has 4 nitrogen and oxygen atoms in total. The predicted octanol–water partition coefficient (Wildman–Crippen LogP) is 4.86. The third-order valence-electron chi connectivity index (χ3n) is 5.25. The minimum Gasteiger partial charge on any atom is -0.497 e. The molecule has 0 saturated heterocycles. The average molecular weight is 393 g/mol. The third kappa shape index (κ3) is 3.76. The van der Waals surface area contributed by atoms with Gasteiger partial charge in [0.05, 0.1) is 13.2 Å². The van der Waals surface area contributed by atoms with E-state index in [0.29, 0.717) is 0 Å². The fourth-order valence-corrected chi connectivity index (χ4v) is 4.65. The Morgan fingerprint density at radius 2 is 1.89 bits per heavy atom. The van der Waals surface area contributed by atoms with Gasteiger partial charge >= 0.3 is 0 Å². The van der Waals surface area contributed by atoms with Crippen molar-refractivity contribution in [3.63, 3.8) is 0 Å². The van der Waals surface area contributed by atoms with Crippen LogP contribution in [0, 0.1) is 0 Å². The second-order valence-electron chi connectivity index (χ2n) is 6.99. The van der Waals surface area contributed by atoms with Crippen LogP contribution in [0.15, 0.2) is 60.0 Å². The van der Waals surface area contributed by atoms with E-state index < -0.39 is 0 Å². The van der Waals surface area contributed by atoms with E-state index >= 15 is 0 Å². The van der Waals surface area contributed by atoms with Gasteiger partial charge in [0.1, 0.15) is 5.75 Å². The number of amides is 1. The van der Waals surface area contributed by atoms with Gasteiger partial charge in [-0.1, -0.05) is 24.3 Å². The Kier molecular flexibility index (Phi) is 5.35. The van der Waals surface area contributed by atoms with Crippen LogP contribution in [-0.4, -0.2) is 24.5 Å². The fourth-order valence-electron chi connectivity index (χ4n) is 3.75. The smallest absolute Gasteiger partial charge is 0.220 e. The Bertz CT molecular complexity index is 947. The summed E-state index contributed by atoms with van der Waals surface area (Å²) in [7, 11) is 1.67. The highest BCUT2D eigenvalue weighted by atomic mass is 32.1. The molecule has 1 aliphatic heterocycles. The summed E-state index contributed by atoms with van der Waals surface area (Å²) >= 11 is 1.79. The van der Waals surface area contributed by atoms with E-state index in [9.17, 15) is 4.79 Å². The molecule has 0 saturated carbocycles. The van der Waals surface area contributed by atoms with Gasteiger partial charge < -0.3 is 15.0 Å². The zero-order valence-electron chi connectivity index (χ0n) is 16.1. The quantitative estimate of drug-likeness (QED) is 0.674. The molecule has 2 aromatic carbocycles. The number of nitrogens with one attached hydrogen (secondary N) is 1. The van der Waals surface area contributed by atoms with E-state index in [-0.39, 0.29) is 11.9 Å². The number of nitrogens with zero attached hydrogens (tertiary/aromatic N) is 1. The number of ether oxygens (including phenoxy) is 1. The molecule has 1 atom stereocenters. The standard InChI is InChI=1S/C23H24N2O2S/c1-16(26)25-13-11-22-21(12-14-28-22)23(25)18-5-7-19(8-6-18)24-15-17-3-9-20(27-2)10-4-17/h3-10,12,14,23-24H,11,13,15H2,1-2H3. The molecular formula is C23H24N2O2S. The van der Waals surface area contributed by atoms with Gasteiger partial charge in [-0.3, -0.25) is 4.79 Å². The lowest BCUT2D eigenvalue weighted by Crippen LogP contribution is -2.38. The van der Waals surface area contributed by atoms with Crippen molar-refractivity contribution in [3.8, 4) is 5.75 Å². The predicted molar refractivity (Wildman–Crippen MR) is 114 cm³/mol. The molecule has 28 heavy (non-hydrogen) atoms. The van der Waals surface area contributed by atoms with Gasteiger partial charge in [-0.05, 0) is 58.8 Å². The first-order valence-electron chi connectivity index (χ1n) is 9.46. The van der Waals surface area contributed by atoms with Gasteiger partial charge in [0.15, 0.2) is 0 Å². The number of anilines is 1. The lowest BCUT2D eigenvalue weighted by atomic mass is 9.93. The van der Waals surface area contributed by atoms with Gasteiger partial charge in [0.2, 0.25) is 5.91 Å². The second-order valence-corrected chi connectivity index (χ2v) is 7.99. The number of carbonyl (C=O) groups is 1. The molecule has 1 amide bonds. The number of fused-ring (bicyclic) bond motifs is 1. The molecule has 5 heteroatoms. The number of hydrogen-bond acceptors (Lipinski definition) is 4. The largest absolute Gasteiger partial charge is 0.497 e. The Morgan fingerprint density at radius 1 is 1.14 bits per heavy atom. The van der Waals surface area contributed by atoms with Gasteiger partial charge in [-0.25, -0.2) is 0 Å². The van der Waals surface area contributed by atoms with Crippen LogP contribution in [0.25, 0.3) is 0 Å². The Hall–Kier alpha value is -2.79. The molecular weight excluding hydrogens is 368 g/mol. The highest BCUT2D eigenvalue weighted by molar-refractivity contribution is 7.10. The normalized spacial score (nSPS) is 15.8. The van der Waals surface area contributed by atoms with Crippen LogP contribution in [0.3, 0.4) is 0 Å². The summed E-state index contributed by atoms with van der Waals surface area (Å²) in [5.41, 5.74) is 4.69. The highest BCUT2D eigenvalue weighted by Gasteiger charge is 2.31. The van der Waals surface area contributed by atoms with E-state index in [1.807, 2.05) is 17.0 Å². The molecule has 1 unspecified atom stereocenters. The van der Waals surface area contributed by atoms with Crippen LogP contribution in [0.5, 0.6) is 5.75 Å². The summed E-state index contributed by atoms with van der Waals surface area (Å²) in [5.74, 6) is 0.993. The van der Waals surface area contributed by atoms with Gasteiger partial charge in [-0.15, -0.1) is 11.3 Å². The van der Waals surface area contributed by atoms with Crippen LogP contribution >= 0.6 is 11.3 Å². The van der Waals surface area contributed by atoms with Gasteiger partial charge in [0.25, 0.3) is 0 Å². The number of benzene rings is 2. The number of hydrogen-bond donors (Lipinski definition) is 1. The van der Waals surface area contributed by atoms with Crippen molar-refractivity contribution in [2.45, 2.75) is 25.9 Å². The van der Waals surface area contributed by atoms with Crippen molar-refractivity contribution in [2.75, 3.05) is 19.0 Å². The van der Waals surface area contributed by atoms with E-state index in [1.54, 1.807) is 25.4 Å². The van der Waals surface area contributed by atoms with E-state index in [1.165, 1.54) is 16.0 Å². The Labute approximate surface area is 169 Å². The molecule has 0 bridgehead atoms. The topological polar surface area (TPSA) is 41.6 Å². The summed E-state index contributed by atoms with van der Waals surface area (Å²) < 4.78 is 5.20. The zero-order chi connectivity index (χ0) is 19.5. The minimum absolute atomic E-state index is 0.0168. The maximum atomic E-state index is 12.2. The van der Waals surface area contributed by atoms with Gasteiger partial charge in [0, 0.05) is 30.6 Å². The zero-order valence-corrected chi connectivity index (χ0v) is 17.0. The minimum atomic E-state index is 0.0168. The Balaban J connectivity index is 1.50. The molecule has 0 fully saturated rings. The lowest BCUT2D eigenvalue weighted by Gasteiger charge is -2.35. The lowest BCUT2D eigenvalue weighted by molar-refractivity contribution is -0.130. The van der Waals surface area contributed by atoms with Crippen LogP contribution in [0.2, 0.25) is 0 Å². The van der Waals surface area contributed by atoms with Crippen LogP contribution in [-0.2, 0) is 17.8 Å². The van der Waals surface area contributed by atoms with Crippen molar-refractivity contribution in [1.29, 1.82) is 0 Å². The molecule has 144 valence electrons. The van der Waals surface area contributed by atoms with E-state index in [4.69, 9.17) is 4.74 Å². The molecule has 1 N–H and O–H groups in total. The first kappa shape index (κ1) is 18.6. The molecule has 2 heterocycles. The van der Waals surface area contributed by atoms with Crippen LogP contribution < -0.4 is 10.1 Å². The van der Waals surface area contributed by atoms with Crippen molar-refractivity contribution < 1.29 is 9.53 Å². The first-order chi connectivity index (χ1) is 13.7. The first-order valence-corrected chi connectivity index (χ1v) is 10.3. The number of rotatable bonds is 5. The maximum absolute atomic E-state index is 12.2. The van der Waals surface area contributed by atoms with Crippen molar-refractivity contribution in [1.82, 2.24) is 4.90 Å². The summed E-state index contributed by atoms with van der Waals surface area (Å²) in [5, 5.41) is 5.59. The monoisotopic (exact) mass is 392 g/mol. The maximum Gasteiger partial charge on any atom is 0.220 e. The molecule has 0 spiro atoms. The summed E-state index contributed by atoms with van der Waals surface area (Å²) in [4.78, 5) is 15.6. The SMILES string of the molecule is COc1ccc(CNc2ccc(C3c4ccsc4CCN3C(C)=O)cc2)cc1. The number of carbonyl (C=O) groups excluding carboxylic acids is 1. The van der Waals surface area contributed by atoms with E-state index in [0.717, 1.165) is 36.5 Å². The average Bonchev–Trinajstić information content (AvgIpc) is 3.21. The molecule has 1 aliphatic rings. The fraction of sp³-hybridized carbons (Fsp3) is 0.261. The Morgan fingerprint density at radius 3 is 2.57 bits per heavy atom. The van der Waals surface area contributed by atoms with E-state index in [2.05, 4.69) is 53.2 Å². The van der Waals surface area contributed by atoms with Crippen molar-refractivity contribution in [3.05, 3.63) is 81.5 Å². The van der Waals surface area contributed by atoms with Crippen molar-refractivity contribution >= 4 is 22.9 Å². The molecule has 3 aromatic rings. The summed E-state index contributed by atoms with van der Waals surface area (Å²) in [6, 6.07) is 18.7. The highest BCUT2D eigenvalue weighted by Crippen LogP contribution is 2.38. The molecule has 1 aromatic heterocycles. The van der Waals surface area contributed by atoms with Gasteiger partial charge in [-0.2, -0.15) is 0 Å².